The second kappa shape index (κ2) is 7.18. The summed E-state index contributed by atoms with van der Waals surface area (Å²) in [6, 6.07) is 2.21. The zero-order valence-electron chi connectivity index (χ0n) is 12.3. The van der Waals surface area contributed by atoms with Gasteiger partial charge in [-0.25, -0.2) is 0 Å². The van der Waals surface area contributed by atoms with Crippen molar-refractivity contribution in [2.75, 3.05) is 11.9 Å². The molecular formula is C16H25BrO. The first-order valence-electron chi connectivity index (χ1n) is 6.82. The van der Waals surface area contributed by atoms with Gasteiger partial charge in [0.1, 0.15) is 5.75 Å². The summed E-state index contributed by atoms with van der Waals surface area (Å²) in [6.07, 6.45) is 2.23. The molecule has 0 spiro atoms. The molecule has 0 saturated heterocycles. The maximum atomic E-state index is 5.83. The van der Waals surface area contributed by atoms with Crippen molar-refractivity contribution in [1.29, 1.82) is 0 Å². The molecule has 1 rings (SSSR count). The maximum Gasteiger partial charge on any atom is 0.122 e. The van der Waals surface area contributed by atoms with Gasteiger partial charge in [-0.15, -0.1) is 0 Å². The number of aryl methyl sites for hydroxylation is 1. The van der Waals surface area contributed by atoms with Crippen molar-refractivity contribution in [3.05, 3.63) is 28.3 Å². The maximum absolute atomic E-state index is 5.83. The molecule has 1 atom stereocenters. The molecule has 1 aromatic carbocycles. The van der Waals surface area contributed by atoms with Crippen LogP contribution in [-0.2, 0) is 0 Å². The van der Waals surface area contributed by atoms with Gasteiger partial charge in [-0.05, 0) is 67.9 Å². The van der Waals surface area contributed by atoms with Crippen LogP contribution in [0.2, 0.25) is 0 Å². The van der Waals surface area contributed by atoms with Crippen LogP contribution in [0.5, 0.6) is 5.75 Å². The van der Waals surface area contributed by atoms with E-state index in [0.717, 1.165) is 24.1 Å². The number of rotatable bonds is 6. The van der Waals surface area contributed by atoms with Crippen LogP contribution in [0.25, 0.3) is 0 Å². The quantitative estimate of drug-likeness (QED) is 0.648. The van der Waals surface area contributed by atoms with Gasteiger partial charge in [0.15, 0.2) is 0 Å². The van der Waals surface area contributed by atoms with Crippen LogP contribution in [-0.4, -0.2) is 11.9 Å². The minimum absolute atomic E-state index is 0.600. The minimum Gasteiger partial charge on any atom is -0.493 e. The highest BCUT2D eigenvalue weighted by Crippen LogP contribution is 2.33. The highest BCUT2D eigenvalue weighted by atomic mass is 79.9. The summed E-state index contributed by atoms with van der Waals surface area (Å²) in [5.74, 6) is 1.66. The Morgan fingerprint density at radius 2 is 1.89 bits per heavy atom. The molecule has 0 radical (unpaired) electrons. The summed E-state index contributed by atoms with van der Waals surface area (Å²) < 4.78 is 5.83. The third-order valence-electron chi connectivity index (χ3n) is 3.61. The average Bonchev–Trinajstić information content (AvgIpc) is 2.32. The topological polar surface area (TPSA) is 9.23 Å². The van der Waals surface area contributed by atoms with Crippen LogP contribution in [0.15, 0.2) is 6.07 Å². The number of hydrogen-bond donors (Lipinski definition) is 0. The normalized spacial score (nSPS) is 12.6. The van der Waals surface area contributed by atoms with Gasteiger partial charge in [-0.3, -0.25) is 0 Å². The van der Waals surface area contributed by atoms with Crippen molar-refractivity contribution < 1.29 is 4.74 Å². The van der Waals surface area contributed by atoms with Crippen LogP contribution in [0.4, 0.5) is 0 Å². The van der Waals surface area contributed by atoms with E-state index in [1.807, 2.05) is 0 Å². The Labute approximate surface area is 120 Å². The fraction of sp³-hybridized carbons (Fsp3) is 0.625. The summed E-state index contributed by atoms with van der Waals surface area (Å²) in [4.78, 5) is 0. The standard InChI is InChI=1S/C16H25BrO/c1-6-9-18-15-10-12(3)16(11(2)7-8-17)14(5)13(15)4/h10-11H,6-9H2,1-5H3. The molecule has 0 bridgehead atoms. The van der Waals surface area contributed by atoms with Gasteiger partial charge in [-0.1, -0.05) is 29.8 Å². The van der Waals surface area contributed by atoms with Gasteiger partial charge < -0.3 is 4.74 Å². The van der Waals surface area contributed by atoms with E-state index in [-0.39, 0.29) is 0 Å². The van der Waals surface area contributed by atoms with Crippen molar-refractivity contribution in [2.45, 2.75) is 53.4 Å². The molecular weight excluding hydrogens is 288 g/mol. The summed E-state index contributed by atoms with van der Waals surface area (Å²) in [6.45, 7) is 11.8. The van der Waals surface area contributed by atoms with E-state index in [2.05, 4.69) is 56.6 Å². The van der Waals surface area contributed by atoms with Gasteiger partial charge >= 0.3 is 0 Å². The van der Waals surface area contributed by atoms with Crippen LogP contribution in [0.1, 0.15) is 54.9 Å². The SMILES string of the molecule is CCCOc1cc(C)c(C(C)CCBr)c(C)c1C. The monoisotopic (exact) mass is 312 g/mol. The predicted molar refractivity (Wildman–Crippen MR) is 83.3 cm³/mol. The third-order valence-corrected chi connectivity index (χ3v) is 4.06. The number of benzene rings is 1. The Hall–Kier alpha value is -0.500. The van der Waals surface area contributed by atoms with E-state index in [4.69, 9.17) is 4.74 Å². The first-order valence-corrected chi connectivity index (χ1v) is 7.94. The van der Waals surface area contributed by atoms with E-state index < -0.39 is 0 Å². The van der Waals surface area contributed by atoms with Crippen molar-refractivity contribution in [2.24, 2.45) is 0 Å². The summed E-state index contributed by atoms with van der Waals surface area (Å²) in [5, 5.41) is 1.06. The molecule has 2 heteroatoms. The molecule has 18 heavy (non-hydrogen) atoms. The minimum atomic E-state index is 0.600. The lowest BCUT2D eigenvalue weighted by molar-refractivity contribution is 0.314. The first kappa shape index (κ1) is 15.6. The smallest absolute Gasteiger partial charge is 0.122 e. The number of halogens is 1. The lowest BCUT2D eigenvalue weighted by Gasteiger charge is -2.21. The molecule has 0 saturated carbocycles. The summed E-state index contributed by atoms with van der Waals surface area (Å²) in [7, 11) is 0. The van der Waals surface area contributed by atoms with Crippen LogP contribution in [0.3, 0.4) is 0 Å². The Balaban J connectivity index is 3.11. The van der Waals surface area contributed by atoms with Crippen LogP contribution in [0, 0.1) is 20.8 Å². The Bertz CT molecular complexity index is 399. The molecule has 0 heterocycles. The Morgan fingerprint density at radius 3 is 2.44 bits per heavy atom. The van der Waals surface area contributed by atoms with E-state index in [1.54, 1.807) is 0 Å². The largest absolute Gasteiger partial charge is 0.493 e. The molecule has 1 nitrogen and oxygen atoms in total. The first-order chi connectivity index (χ1) is 8.52. The molecule has 0 aliphatic heterocycles. The van der Waals surface area contributed by atoms with Gasteiger partial charge in [0.05, 0.1) is 6.61 Å². The van der Waals surface area contributed by atoms with Crippen LogP contribution < -0.4 is 4.74 Å². The highest BCUT2D eigenvalue weighted by Gasteiger charge is 2.15. The van der Waals surface area contributed by atoms with Crippen molar-refractivity contribution in [1.82, 2.24) is 0 Å². The number of hydrogen-bond acceptors (Lipinski definition) is 1. The molecule has 1 aromatic rings. The summed E-state index contributed by atoms with van der Waals surface area (Å²) >= 11 is 3.54. The van der Waals surface area contributed by atoms with Gasteiger partial charge in [0.25, 0.3) is 0 Å². The third kappa shape index (κ3) is 3.50. The fourth-order valence-corrected chi connectivity index (χ4v) is 3.18. The second-order valence-electron chi connectivity index (χ2n) is 5.08. The van der Waals surface area contributed by atoms with Gasteiger partial charge in [0, 0.05) is 5.33 Å². The lowest BCUT2D eigenvalue weighted by Crippen LogP contribution is -2.06. The van der Waals surface area contributed by atoms with Crippen molar-refractivity contribution in [3.63, 3.8) is 0 Å². The molecule has 0 fully saturated rings. The molecule has 1 unspecified atom stereocenters. The predicted octanol–water partition coefficient (Wildman–Crippen LogP) is 5.29. The van der Waals surface area contributed by atoms with Gasteiger partial charge in [0.2, 0.25) is 0 Å². The fourth-order valence-electron chi connectivity index (χ4n) is 2.49. The molecule has 0 aliphatic rings. The zero-order valence-corrected chi connectivity index (χ0v) is 13.9. The summed E-state index contributed by atoms with van der Waals surface area (Å²) in [5.41, 5.74) is 5.55. The molecule has 0 aromatic heterocycles. The van der Waals surface area contributed by atoms with Gasteiger partial charge in [-0.2, -0.15) is 0 Å². The molecule has 0 N–H and O–H groups in total. The van der Waals surface area contributed by atoms with Crippen molar-refractivity contribution in [3.8, 4) is 5.75 Å². The highest BCUT2D eigenvalue weighted by molar-refractivity contribution is 9.09. The molecule has 0 amide bonds. The zero-order chi connectivity index (χ0) is 13.7. The van der Waals surface area contributed by atoms with E-state index in [9.17, 15) is 0 Å². The van der Waals surface area contributed by atoms with E-state index in [1.165, 1.54) is 28.7 Å². The Morgan fingerprint density at radius 1 is 1.22 bits per heavy atom. The average molecular weight is 313 g/mol. The Kier molecular flexibility index (Phi) is 6.20. The van der Waals surface area contributed by atoms with E-state index in [0.29, 0.717) is 5.92 Å². The molecule has 0 aliphatic carbocycles. The number of alkyl halides is 1. The van der Waals surface area contributed by atoms with Crippen LogP contribution >= 0.6 is 15.9 Å². The number of ether oxygens (including phenoxy) is 1. The lowest BCUT2D eigenvalue weighted by atomic mass is 9.87. The molecule has 102 valence electrons. The second-order valence-corrected chi connectivity index (χ2v) is 5.88. The van der Waals surface area contributed by atoms with E-state index >= 15 is 0 Å². The van der Waals surface area contributed by atoms with Crippen molar-refractivity contribution >= 4 is 15.9 Å².